The number of hydrogen-bond donors (Lipinski definition) is 2. The lowest BCUT2D eigenvalue weighted by Crippen LogP contribution is -2.29. The van der Waals surface area contributed by atoms with Gasteiger partial charge in [0.25, 0.3) is 0 Å². The first-order valence-electron chi connectivity index (χ1n) is 10.9. The molecule has 1 heterocycles. The van der Waals surface area contributed by atoms with Gasteiger partial charge in [-0.15, -0.1) is 0 Å². The summed E-state index contributed by atoms with van der Waals surface area (Å²) >= 11 is 0. The minimum atomic E-state index is -4.43. The van der Waals surface area contributed by atoms with Crippen LogP contribution in [-0.4, -0.2) is 15.2 Å². The number of alkyl halides is 3. The number of aliphatic hydroxyl groups is 2. The number of halogens is 3. The lowest BCUT2D eigenvalue weighted by atomic mass is 9.72. The van der Waals surface area contributed by atoms with Gasteiger partial charge in [0.1, 0.15) is 6.10 Å². The van der Waals surface area contributed by atoms with Crippen LogP contribution in [0.25, 0.3) is 0 Å². The maximum absolute atomic E-state index is 13.0. The fourth-order valence-corrected chi connectivity index (χ4v) is 4.86. The predicted molar refractivity (Wildman–Crippen MR) is 115 cm³/mol. The Labute approximate surface area is 182 Å². The van der Waals surface area contributed by atoms with Crippen molar-refractivity contribution in [2.45, 2.75) is 84.6 Å². The van der Waals surface area contributed by atoms with Gasteiger partial charge in [-0.3, -0.25) is 4.98 Å². The van der Waals surface area contributed by atoms with Crippen LogP contribution in [0.3, 0.4) is 0 Å². The average Bonchev–Trinajstić information content (AvgIpc) is 2.65. The van der Waals surface area contributed by atoms with Gasteiger partial charge >= 0.3 is 6.18 Å². The molecule has 170 valence electrons. The van der Waals surface area contributed by atoms with Crippen molar-refractivity contribution in [3.05, 3.63) is 63.5 Å². The van der Waals surface area contributed by atoms with Gasteiger partial charge in [0, 0.05) is 22.5 Å². The van der Waals surface area contributed by atoms with E-state index in [1.165, 1.54) is 12.1 Å². The van der Waals surface area contributed by atoms with E-state index in [0.717, 1.165) is 53.9 Å². The highest BCUT2D eigenvalue weighted by atomic mass is 19.4. The van der Waals surface area contributed by atoms with Crippen molar-refractivity contribution in [1.29, 1.82) is 0 Å². The summed E-state index contributed by atoms with van der Waals surface area (Å²) in [5.41, 5.74) is 3.35. The molecule has 0 radical (unpaired) electrons. The van der Waals surface area contributed by atoms with Gasteiger partial charge < -0.3 is 10.2 Å². The molecule has 0 saturated heterocycles. The Morgan fingerprint density at radius 2 is 1.81 bits per heavy atom. The zero-order chi connectivity index (χ0) is 23.1. The normalized spacial score (nSPS) is 20.3. The summed E-state index contributed by atoms with van der Waals surface area (Å²) < 4.78 is 38.9. The van der Waals surface area contributed by atoms with E-state index in [4.69, 9.17) is 4.98 Å². The van der Waals surface area contributed by atoms with Gasteiger partial charge in [0.05, 0.1) is 11.7 Å². The predicted octanol–water partition coefficient (Wildman–Crippen LogP) is 6.40. The molecule has 2 N–H and O–H groups in total. The van der Waals surface area contributed by atoms with E-state index in [0.29, 0.717) is 17.5 Å². The van der Waals surface area contributed by atoms with Crippen LogP contribution >= 0.6 is 0 Å². The first-order valence-corrected chi connectivity index (χ1v) is 10.9. The summed E-state index contributed by atoms with van der Waals surface area (Å²) in [6.07, 6.45) is -3.06. The first kappa shape index (κ1) is 23.7. The summed E-state index contributed by atoms with van der Waals surface area (Å²) in [6.45, 7) is 10.2. The van der Waals surface area contributed by atoms with E-state index in [9.17, 15) is 23.4 Å². The van der Waals surface area contributed by atoms with Crippen molar-refractivity contribution in [2.75, 3.05) is 0 Å². The van der Waals surface area contributed by atoms with Gasteiger partial charge in [-0.1, -0.05) is 46.2 Å². The van der Waals surface area contributed by atoms with Gasteiger partial charge in [0.2, 0.25) is 0 Å². The molecule has 6 heteroatoms. The van der Waals surface area contributed by atoms with Crippen LogP contribution in [0.5, 0.6) is 0 Å². The number of aliphatic hydroxyl groups excluding tert-OH is 2. The molecule has 0 fully saturated rings. The lowest BCUT2D eigenvalue weighted by molar-refractivity contribution is -0.137. The molecule has 0 bridgehead atoms. The molecule has 3 atom stereocenters. The average molecular weight is 436 g/mol. The molecule has 3 nitrogen and oxygen atoms in total. The van der Waals surface area contributed by atoms with E-state index in [2.05, 4.69) is 27.7 Å². The Kier molecular flexibility index (Phi) is 6.55. The maximum atomic E-state index is 13.0. The number of fused-ring (bicyclic) bond motifs is 1. The molecule has 0 spiro atoms. The summed E-state index contributed by atoms with van der Waals surface area (Å²) in [7, 11) is 0. The van der Waals surface area contributed by atoms with Crippen molar-refractivity contribution in [3.63, 3.8) is 0 Å². The van der Waals surface area contributed by atoms with Gasteiger partial charge in [-0.25, -0.2) is 0 Å². The molecule has 31 heavy (non-hydrogen) atoms. The third-order valence-corrected chi connectivity index (χ3v) is 6.39. The number of aromatic nitrogens is 1. The maximum Gasteiger partial charge on any atom is 0.416 e. The van der Waals surface area contributed by atoms with Crippen molar-refractivity contribution in [2.24, 2.45) is 5.41 Å². The molecule has 1 aliphatic carbocycles. The van der Waals surface area contributed by atoms with E-state index in [1.807, 2.05) is 6.92 Å². The molecule has 1 aromatic carbocycles. The molecule has 0 aliphatic heterocycles. The summed E-state index contributed by atoms with van der Waals surface area (Å²) in [5.74, 6) is 0.0790. The zero-order valence-electron chi connectivity index (χ0n) is 18.8. The van der Waals surface area contributed by atoms with E-state index >= 15 is 0 Å². The smallest absolute Gasteiger partial charge is 0.388 e. The van der Waals surface area contributed by atoms with Crippen molar-refractivity contribution < 1.29 is 23.4 Å². The van der Waals surface area contributed by atoms with Crippen LogP contribution in [0.2, 0.25) is 0 Å². The first-order chi connectivity index (χ1) is 14.4. The quantitative estimate of drug-likeness (QED) is 0.571. The number of benzene rings is 1. The van der Waals surface area contributed by atoms with Crippen LogP contribution in [-0.2, 0) is 12.6 Å². The Hall–Kier alpha value is -1.92. The van der Waals surface area contributed by atoms with Crippen molar-refractivity contribution in [3.8, 4) is 0 Å². The van der Waals surface area contributed by atoms with Crippen LogP contribution in [0.15, 0.2) is 24.3 Å². The minimum absolute atomic E-state index is 0.0787. The molecule has 1 aliphatic rings. The summed E-state index contributed by atoms with van der Waals surface area (Å²) in [5, 5.41) is 22.1. The van der Waals surface area contributed by atoms with E-state index < -0.39 is 23.9 Å². The van der Waals surface area contributed by atoms with Crippen LogP contribution < -0.4 is 0 Å². The number of pyridine rings is 1. The zero-order valence-corrected chi connectivity index (χ0v) is 18.8. The fourth-order valence-electron chi connectivity index (χ4n) is 4.86. The largest absolute Gasteiger partial charge is 0.416 e. The van der Waals surface area contributed by atoms with Crippen LogP contribution in [0.4, 0.5) is 13.2 Å². The van der Waals surface area contributed by atoms with E-state index in [-0.39, 0.29) is 11.3 Å². The molecule has 0 saturated carbocycles. The van der Waals surface area contributed by atoms with Gasteiger partial charge in [0.15, 0.2) is 0 Å². The highest BCUT2D eigenvalue weighted by molar-refractivity contribution is 5.48. The number of nitrogens with zero attached hydrogens (tertiary/aromatic N) is 1. The topological polar surface area (TPSA) is 53.4 Å². The second kappa shape index (κ2) is 8.55. The van der Waals surface area contributed by atoms with E-state index in [1.54, 1.807) is 0 Å². The second-order valence-electron chi connectivity index (χ2n) is 9.67. The minimum Gasteiger partial charge on any atom is -0.388 e. The number of rotatable bonds is 5. The summed E-state index contributed by atoms with van der Waals surface area (Å²) in [4.78, 5) is 4.94. The highest BCUT2D eigenvalue weighted by Gasteiger charge is 2.36. The Bertz CT molecular complexity index is 935. The molecule has 3 rings (SSSR count). The van der Waals surface area contributed by atoms with Gasteiger partial charge in [-0.05, 0) is 60.8 Å². The highest BCUT2D eigenvalue weighted by Crippen LogP contribution is 2.45. The Morgan fingerprint density at radius 3 is 2.35 bits per heavy atom. The lowest BCUT2D eigenvalue weighted by Gasteiger charge is -2.37. The third kappa shape index (κ3) is 4.80. The van der Waals surface area contributed by atoms with Crippen LogP contribution in [0, 0.1) is 12.3 Å². The van der Waals surface area contributed by atoms with Crippen molar-refractivity contribution in [1.82, 2.24) is 4.98 Å². The SMILES string of the molecule is CCCC(C)c1nc2c(c(C)c1C(O)c1ccc(C(F)(F)F)cc1)C(O)CC(C)(C)C2. The standard InChI is InChI=1S/C25H32F3NO2/c1-6-7-14(2)22-21(23(31)16-8-10-17(11-9-16)25(26,27)28)15(3)20-18(29-22)12-24(4,5)13-19(20)30/h8-11,14,19,23,30-31H,6-7,12-13H2,1-5H3. The monoisotopic (exact) mass is 435 g/mol. The van der Waals surface area contributed by atoms with Crippen LogP contribution in [0.1, 0.15) is 104 Å². The summed E-state index contributed by atoms with van der Waals surface area (Å²) in [6, 6.07) is 4.62. The van der Waals surface area contributed by atoms with Gasteiger partial charge in [-0.2, -0.15) is 13.2 Å². The molecular formula is C25H32F3NO2. The molecule has 2 aromatic rings. The fraction of sp³-hybridized carbons (Fsp3) is 0.560. The second-order valence-corrected chi connectivity index (χ2v) is 9.67. The molecular weight excluding hydrogens is 403 g/mol. The Balaban J connectivity index is 2.15. The third-order valence-electron chi connectivity index (χ3n) is 6.39. The molecule has 3 unspecified atom stereocenters. The number of hydrogen-bond acceptors (Lipinski definition) is 3. The molecule has 1 aromatic heterocycles. The molecule has 0 amide bonds. The van der Waals surface area contributed by atoms with Crippen molar-refractivity contribution >= 4 is 0 Å². The Morgan fingerprint density at radius 1 is 1.19 bits per heavy atom.